The highest BCUT2D eigenvalue weighted by Gasteiger charge is 2.32. The second-order valence-corrected chi connectivity index (χ2v) is 8.03. The van der Waals surface area contributed by atoms with Gasteiger partial charge >= 0.3 is 6.18 Å². The summed E-state index contributed by atoms with van der Waals surface area (Å²) in [5.74, 6) is -0.498. The van der Waals surface area contributed by atoms with Crippen LogP contribution in [0, 0.1) is 0 Å². The van der Waals surface area contributed by atoms with Gasteiger partial charge in [0.25, 0.3) is 5.91 Å². The van der Waals surface area contributed by atoms with E-state index in [0.717, 1.165) is 6.07 Å². The average Bonchev–Trinajstić information content (AvgIpc) is 3.30. The van der Waals surface area contributed by atoms with Gasteiger partial charge in [-0.1, -0.05) is 34.8 Å². The SMILES string of the molecule is O=C(Nc1ccc(Oc2ncc(C(F)(F)F)cc2Cl)c(-n2cccc2)c1)c1cnc(Cl)cc1Cl. The van der Waals surface area contributed by atoms with E-state index >= 15 is 0 Å². The van der Waals surface area contributed by atoms with Crippen LogP contribution in [0.3, 0.4) is 0 Å². The Morgan fingerprint density at radius 1 is 0.971 bits per heavy atom. The fourth-order valence-corrected chi connectivity index (χ4v) is 3.57. The highest BCUT2D eigenvalue weighted by atomic mass is 35.5. The number of hydrogen-bond acceptors (Lipinski definition) is 4. The van der Waals surface area contributed by atoms with Crippen molar-refractivity contribution in [3.8, 4) is 17.3 Å². The zero-order chi connectivity index (χ0) is 24.5. The topological polar surface area (TPSA) is 69.0 Å². The average molecular weight is 528 g/mol. The van der Waals surface area contributed by atoms with Crippen molar-refractivity contribution in [1.29, 1.82) is 0 Å². The van der Waals surface area contributed by atoms with Crippen LogP contribution in [0.4, 0.5) is 18.9 Å². The van der Waals surface area contributed by atoms with Crippen molar-refractivity contribution in [1.82, 2.24) is 14.5 Å². The van der Waals surface area contributed by atoms with E-state index in [1.165, 1.54) is 24.4 Å². The van der Waals surface area contributed by atoms with Gasteiger partial charge in [0, 0.05) is 30.5 Å². The summed E-state index contributed by atoms with van der Waals surface area (Å²) in [6.45, 7) is 0. The molecule has 3 heterocycles. The quantitative estimate of drug-likeness (QED) is 0.277. The van der Waals surface area contributed by atoms with Crippen molar-refractivity contribution in [2.24, 2.45) is 0 Å². The molecule has 4 rings (SSSR count). The van der Waals surface area contributed by atoms with Gasteiger partial charge in [0.05, 0.1) is 21.8 Å². The number of carbonyl (C=O) groups is 1. The maximum absolute atomic E-state index is 12.9. The van der Waals surface area contributed by atoms with Gasteiger partial charge in [-0.25, -0.2) is 9.97 Å². The number of aromatic nitrogens is 3. The van der Waals surface area contributed by atoms with E-state index in [9.17, 15) is 18.0 Å². The predicted octanol–water partition coefficient (Wildman–Crippen LogP) is 7.29. The minimum Gasteiger partial charge on any atom is -0.435 e. The van der Waals surface area contributed by atoms with Crippen molar-refractivity contribution < 1.29 is 22.7 Å². The van der Waals surface area contributed by atoms with Gasteiger partial charge in [-0.2, -0.15) is 13.2 Å². The second-order valence-electron chi connectivity index (χ2n) is 6.82. The first kappa shape index (κ1) is 23.9. The monoisotopic (exact) mass is 526 g/mol. The minimum absolute atomic E-state index is 0.120. The highest BCUT2D eigenvalue weighted by molar-refractivity contribution is 6.36. The smallest absolute Gasteiger partial charge is 0.417 e. The molecule has 34 heavy (non-hydrogen) atoms. The first-order valence-electron chi connectivity index (χ1n) is 9.42. The zero-order valence-corrected chi connectivity index (χ0v) is 19.0. The van der Waals surface area contributed by atoms with Gasteiger partial charge in [0.15, 0.2) is 5.75 Å². The van der Waals surface area contributed by atoms with Gasteiger partial charge in [0.2, 0.25) is 5.88 Å². The molecule has 0 bridgehead atoms. The molecule has 0 fully saturated rings. The van der Waals surface area contributed by atoms with E-state index in [1.807, 2.05) is 0 Å². The van der Waals surface area contributed by atoms with Crippen molar-refractivity contribution in [2.45, 2.75) is 6.18 Å². The molecule has 0 radical (unpaired) electrons. The number of hydrogen-bond donors (Lipinski definition) is 1. The Kier molecular flexibility index (Phi) is 6.70. The summed E-state index contributed by atoms with van der Waals surface area (Å²) in [7, 11) is 0. The predicted molar refractivity (Wildman–Crippen MR) is 122 cm³/mol. The molecule has 12 heteroatoms. The zero-order valence-electron chi connectivity index (χ0n) is 16.8. The van der Waals surface area contributed by atoms with Gasteiger partial charge in [-0.3, -0.25) is 4.79 Å². The first-order chi connectivity index (χ1) is 16.1. The lowest BCUT2D eigenvalue weighted by Crippen LogP contribution is -2.13. The Morgan fingerprint density at radius 2 is 1.71 bits per heavy atom. The molecule has 3 aromatic heterocycles. The molecule has 1 amide bonds. The lowest BCUT2D eigenvalue weighted by molar-refractivity contribution is -0.137. The Labute approximate surface area is 205 Å². The van der Waals surface area contributed by atoms with Gasteiger partial charge < -0.3 is 14.6 Å². The molecule has 174 valence electrons. The normalized spacial score (nSPS) is 11.4. The lowest BCUT2D eigenvalue weighted by Gasteiger charge is -2.15. The Balaban J connectivity index is 1.65. The van der Waals surface area contributed by atoms with Gasteiger partial charge in [0.1, 0.15) is 10.2 Å². The molecule has 0 spiro atoms. The third-order valence-corrected chi connectivity index (χ3v) is 5.30. The van der Waals surface area contributed by atoms with Crippen molar-refractivity contribution in [2.75, 3.05) is 5.32 Å². The van der Waals surface area contributed by atoms with E-state index in [2.05, 4.69) is 15.3 Å². The van der Waals surface area contributed by atoms with Crippen LogP contribution in [-0.4, -0.2) is 20.4 Å². The molecule has 0 atom stereocenters. The summed E-state index contributed by atoms with van der Waals surface area (Å²) < 4.78 is 46.1. The number of nitrogens with one attached hydrogen (secondary N) is 1. The molecule has 0 saturated heterocycles. The van der Waals surface area contributed by atoms with Crippen molar-refractivity contribution in [3.05, 3.63) is 93.6 Å². The Morgan fingerprint density at radius 3 is 2.35 bits per heavy atom. The van der Waals surface area contributed by atoms with Gasteiger partial charge in [-0.05, 0) is 42.5 Å². The fourth-order valence-electron chi connectivity index (χ4n) is 2.91. The van der Waals surface area contributed by atoms with E-state index < -0.39 is 17.6 Å². The molecular weight excluding hydrogens is 516 g/mol. The minimum atomic E-state index is -4.59. The number of amides is 1. The molecule has 0 unspecified atom stereocenters. The number of anilines is 1. The molecule has 0 saturated carbocycles. The summed E-state index contributed by atoms with van der Waals surface area (Å²) >= 11 is 17.8. The number of nitrogens with zero attached hydrogens (tertiary/aromatic N) is 3. The van der Waals surface area contributed by atoms with Crippen LogP contribution < -0.4 is 10.1 Å². The standard InChI is InChI=1S/C22H12Cl3F3N4O2/c23-15-9-19(25)29-11-14(15)20(33)31-13-3-4-18(17(8-13)32-5-1-2-6-32)34-21-16(24)7-12(10-30-21)22(26,27)28/h1-11H,(H,31,33). The lowest BCUT2D eigenvalue weighted by atomic mass is 10.2. The third kappa shape index (κ3) is 5.27. The molecule has 0 aliphatic carbocycles. The number of pyridine rings is 2. The van der Waals surface area contributed by atoms with Crippen LogP contribution in [-0.2, 0) is 6.18 Å². The molecule has 6 nitrogen and oxygen atoms in total. The van der Waals surface area contributed by atoms with Crippen LogP contribution >= 0.6 is 34.8 Å². The summed E-state index contributed by atoms with van der Waals surface area (Å²) in [5, 5.41) is 2.67. The molecular formula is C22H12Cl3F3N4O2. The number of benzene rings is 1. The molecule has 1 N–H and O–H groups in total. The molecule has 0 aliphatic heterocycles. The first-order valence-corrected chi connectivity index (χ1v) is 10.6. The third-order valence-electron chi connectivity index (χ3n) is 4.51. The largest absolute Gasteiger partial charge is 0.435 e. The van der Waals surface area contributed by atoms with Crippen LogP contribution in [0.1, 0.15) is 15.9 Å². The number of ether oxygens (including phenoxy) is 1. The molecule has 0 aliphatic rings. The maximum atomic E-state index is 12.9. The number of rotatable bonds is 5. The van der Waals surface area contributed by atoms with Crippen molar-refractivity contribution in [3.63, 3.8) is 0 Å². The molecule has 4 aromatic rings. The van der Waals surface area contributed by atoms with Crippen LogP contribution in [0.2, 0.25) is 15.2 Å². The van der Waals surface area contributed by atoms with Crippen LogP contribution in [0.5, 0.6) is 11.6 Å². The maximum Gasteiger partial charge on any atom is 0.417 e. The molecule has 1 aromatic carbocycles. The fraction of sp³-hybridized carbons (Fsp3) is 0.0455. The number of alkyl halides is 3. The van der Waals surface area contributed by atoms with Crippen LogP contribution in [0.25, 0.3) is 5.69 Å². The summed E-state index contributed by atoms with van der Waals surface area (Å²) in [6.07, 6.45) is 0.733. The number of halogens is 6. The summed E-state index contributed by atoms with van der Waals surface area (Å²) in [5.41, 5.74) is -0.0297. The van der Waals surface area contributed by atoms with Crippen LogP contribution in [0.15, 0.2) is 67.3 Å². The van der Waals surface area contributed by atoms with E-state index in [0.29, 0.717) is 17.6 Å². The summed E-state index contributed by atoms with van der Waals surface area (Å²) in [4.78, 5) is 20.2. The van der Waals surface area contributed by atoms with Gasteiger partial charge in [-0.15, -0.1) is 0 Å². The Hall–Kier alpha value is -3.27. The highest BCUT2D eigenvalue weighted by Crippen LogP contribution is 2.37. The number of carbonyl (C=O) groups excluding carboxylic acids is 1. The van der Waals surface area contributed by atoms with Crippen molar-refractivity contribution >= 4 is 46.4 Å². The summed E-state index contributed by atoms with van der Waals surface area (Å²) in [6, 6.07) is 10.3. The second kappa shape index (κ2) is 9.54. The van der Waals surface area contributed by atoms with E-state index in [-0.39, 0.29) is 32.4 Å². The van der Waals surface area contributed by atoms with E-state index in [1.54, 1.807) is 35.2 Å². The Bertz CT molecular complexity index is 1360. The van der Waals surface area contributed by atoms with E-state index in [4.69, 9.17) is 39.5 Å².